The molecular weight excluding hydrogens is 274 g/mol. The molecule has 0 aromatic carbocycles. The van der Waals surface area contributed by atoms with Gasteiger partial charge in [-0.1, -0.05) is 27.7 Å². The van der Waals surface area contributed by atoms with E-state index >= 15 is 0 Å². The molecule has 0 bridgehead atoms. The number of carbonyl (C=O) groups excluding carboxylic acids is 2. The van der Waals surface area contributed by atoms with E-state index in [1.807, 2.05) is 33.1 Å². The van der Waals surface area contributed by atoms with Gasteiger partial charge in [0.05, 0.1) is 12.2 Å². The molecule has 0 aliphatic rings. The van der Waals surface area contributed by atoms with Crippen molar-refractivity contribution in [2.24, 2.45) is 11.8 Å². The molecule has 2 atom stereocenters. The minimum atomic E-state index is -0.0209. The molecule has 1 aromatic heterocycles. The van der Waals surface area contributed by atoms with Crippen LogP contribution in [0.1, 0.15) is 46.2 Å². The van der Waals surface area contributed by atoms with E-state index < -0.39 is 0 Å². The van der Waals surface area contributed by atoms with Crippen LogP contribution in [-0.2, 0) is 16.1 Å². The summed E-state index contributed by atoms with van der Waals surface area (Å²) in [4.78, 5) is 27.7. The maximum absolute atomic E-state index is 11.7. The molecule has 0 radical (unpaired) electrons. The van der Waals surface area contributed by atoms with Crippen molar-refractivity contribution in [1.82, 2.24) is 10.3 Å². The zero-order valence-corrected chi connectivity index (χ0v) is 13.3. The summed E-state index contributed by atoms with van der Waals surface area (Å²) < 4.78 is 0. The number of carbonyl (C=O) groups is 2. The van der Waals surface area contributed by atoms with Crippen molar-refractivity contribution >= 4 is 28.3 Å². The number of thiazole rings is 1. The molecule has 0 aliphatic carbocycles. The number of nitrogens with zero attached hydrogens (tertiary/aromatic N) is 1. The number of rotatable bonds is 7. The molecule has 0 saturated heterocycles. The molecule has 0 spiro atoms. The third kappa shape index (κ3) is 4.92. The Labute approximate surface area is 124 Å². The van der Waals surface area contributed by atoms with Gasteiger partial charge >= 0.3 is 0 Å². The SMILES string of the molecule is CC[C@@H](C)C(=O)NCc1csc(NC(=O)[C@@H](C)CC)n1. The normalized spacial score (nSPS) is 13.6. The molecule has 2 N–H and O–H groups in total. The van der Waals surface area contributed by atoms with Gasteiger partial charge in [0.1, 0.15) is 0 Å². The van der Waals surface area contributed by atoms with Crippen molar-refractivity contribution < 1.29 is 9.59 Å². The van der Waals surface area contributed by atoms with Crippen LogP contribution < -0.4 is 10.6 Å². The number of aromatic nitrogens is 1. The molecule has 0 unspecified atom stereocenters. The number of hydrogen-bond acceptors (Lipinski definition) is 4. The van der Waals surface area contributed by atoms with Gasteiger partial charge in [-0.05, 0) is 12.8 Å². The summed E-state index contributed by atoms with van der Waals surface area (Å²) in [6, 6.07) is 0. The van der Waals surface area contributed by atoms with Gasteiger partial charge in [-0.2, -0.15) is 0 Å². The molecule has 1 rings (SSSR count). The van der Waals surface area contributed by atoms with Crippen LogP contribution in [0.15, 0.2) is 5.38 Å². The number of nitrogens with one attached hydrogen (secondary N) is 2. The van der Waals surface area contributed by atoms with E-state index in [2.05, 4.69) is 15.6 Å². The summed E-state index contributed by atoms with van der Waals surface area (Å²) in [7, 11) is 0. The lowest BCUT2D eigenvalue weighted by atomic mass is 10.1. The van der Waals surface area contributed by atoms with Crippen molar-refractivity contribution in [3.8, 4) is 0 Å². The van der Waals surface area contributed by atoms with Gasteiger partial charge in [-0.15, -0.1) is 11.3 Å². The van der Waals surface area contributed by atoms with Crippen LogP contribution in [0.5, 0.6) is 0 Å². The second-order valence-corrected chi connectivity index (χ2v) is 5.83. The van der Waals surface area contributed by atoms with E-state index in [1.54, 1.807) is 0 Å². The first-order valence-corrected chi connectivity index (χ1v) is 7.88. The fourth-order valence-electron chi connectivity index (χ4n) is 1.40. The Hall–Kier alpha value is -1.43. The summed E-state index contributed by atoms with van der Waals surface area (Å²) in [5.74, 6) is 0.00778. The molecule has 1 heterocycles. The Kier molecular flexibility index (Phi) is 6.64. The van der Waals surface area contributed by atoms with Crippen LogP contribution in [0.25, 0.3) is 0 Å². The zero-order chi connectivity index (χ0) is 15.1. The highest BCUT2D eigenvalue weighted by Gasteiger charge is 2.13. The van der Waals surface area contributed by atoms with Gasteiger partial charge in [-0.25, -0.2) is 4.98 Å². The summed E-state index contributed by atoms with van der Waals surface area (Å²) in [6.07, 6.45) is 1.62. The zero-order valence-electron chi connectivity index (χ0n) is 12.5. The highest BCUT2D eigenvalue weighted by atomic mass is 32.1. The van der Waals surface area contributed by atoms with Gasteiger partial charge in [0.2, 0.25) is 11.8 Å². The summed E-state index contributed by atoms with van der Waals surface area (Å²) >= 11 is 1.38. The molecule has 2 amide bonds. The van der Waals surface area contributed by atoms with Crippen molar-refractivity contribution in [3.63, 3.8) is 0 Å². The van der Waals surface area contributed by atoms with Crippen molar-refractivity contribution in [1.29, 1.82) is 0 Å². The Balaban J connectivity index is 2.47. The Morgan fingerprint density at radius 1 is 1.20 bits per heavy atom. The molecule has 20 heavy (non-hydrogen) atoms. The number of anilines is 1. The predicted octanol–water partition coefficient (Wildman–Crippen LogP) is 2.79. The minimum Gasteiger partial charge on any atom is -0.350 e. The maximum atomic E-state index is 11.7. The molecule has 0 aliphatic heterocycles. The highest BCUT2D eigenvalue weighted by molar-refractivity contribution is 7.13. The standard InChI is InChI=1S/C14H23N3O2S/c1-5-9(3)12(18)15-7-11-8-20-14(16-11)17-13(19)10(4)6-2/h8-10H,5-7H2,1-4H3,(H,15,18)(H,16,17,19)/t9-,10+/m1/s1. The molecule has 1 aromatic rings. The monoisotopic (exact) mass is 297 g/mol. The van der Waals surface area contributed by atoms with E-state index in [9.17, 15) is 9.59 Å². The summed E-state index contributed by atoms with van der Waals surface area (Å²) in [6.45, 7) is 8.14. The molecular formula is C14H23N3O2S. The average Bonchev–Trinajstić information content (AvgIpc) is 2.90. The lowest BCUT2D eigenvalue weighted by Gasteiger charge is -2.08. The Morgan fingerprint density at radius 2 is 1.80 bits per heavy atom. The Morgan fingerprint density at radius 3 is 2.40 bits per heavy atom. The smallest absolute Gasteiger partial charge is 0.228 e. The van der Waals surface area contributed by atoms with Crippen LogP contribution in [0.4, 0.5) is 5.13 Å². The topological polar surface area (TPSA) is 71.1 Å². The maximum Gasteiger partial charge on any atom is 0.228 e. The highest BCUT2D eigenvalue weighted by Crippen LogP contribution is 2.17. The van der Waals surface area contributed by atoms with Crippen LogP contribution in [0.2, 0.25) is 0 Å². The van der Waals surface area contributed by atoms with E-state index in [0.717, 1.165) is 18.5 Å². The average molecular weight is 297 g/mol. The van der Waals surface area contributed by atoms with E-state index in [1.165, 1.54) is 11.3 Å². The summed E-state index contributed by atoms with van der Waals surface area (Å²) in [5, 5.41) is 8.07. The van der Waals surface area contributed by atoms with Crippen molar-refractivity contribution in [2.45, 2.75) is 47.1 Å². The van der Waals surface area contributed by atoms with Crippen molar-refractivity contribution in [2.75, 3.05) is 5.32 Å². The third-order valence-corrected chi connectivity index (χ3v) is 4.15. The van der Waals surface area contributed by atoms with Crippen LogP contribution in [0, 0.1) is 11.8 Å². The van der Waals surface area contributed by atoms with Gasteiger partial charge in [-0.3, -0.25) is 9.59 Å². The summed E-state index contributed by atoms with van der Waals surface area (Å²) in [5.41, 5.74) is 0.770. The number of hydrogen-bond donors (Lipinski definition) is 2. The quantitative estimate of drug-likeness (QED) is 0.813. The van der Waals surface area contributed by atoms with Crippen LogP contribution in [-0.4, -0.2) is 16.8 Å². The Bertz CT molecular complexity index is 459. The molecule has 0 saturated carbocycles. The largest absolute Gasteiger partial charge is 0.350 e. The lowest BCUT2D eigenvalue weighted by Crippen LogP contribution is -2.28. The first-order valence-electron chi connectivity index (χ1n) is 7.00. The fourth-order valence-corrected chi connectivity index (χ4v) is 2.11. The van der Waals surface area contributed by atoms with E-state index in [-0.39, 0.29) is 23.7 Å². The van der Waals surface area contributed by atoms with E-state index in [4.69, 9.17) is 0 Å². The molecule has 6 heteroatoms. The first-order chi connectivity index (χ1) is 9.47. The lowest BCUT2D eigenvalue weighted by molar-refractivity contribution is -0.124. The van der Waals surface area contributed by atoms with Crippen molar-refractivity contribution in [3.05, 3.63) is 11.1 Å². The minimum absolute atomic E-state index is 0.0122. The van der Waals surface area contributed by atoms with Gasteiger partial charge in [0, 0.05) is 17.2 Å². The van der Waals surface area contributed by atoms with Crippen LogP contribution in [0.3, 0.4) is 0 Å². The molecule has 112 valence electrons. The second-order valence-electron chi connectivity index (χ2n) is 4.97. The van der Waals surface area contributed by atoms with Gasteiger partial charge in [0.25, 0.3) is 0 Å². The first kappa shape index (κ1) is 16.6. The third-order valence-electron chi connectivity index (χ3n) is 3.35. The second kappa shape index (κ2) is 7.99. The van der Waals surface area contributed by atoms with Gasteiger partial charge in [0.15, 0.2) is 5.13 Å². The molecule has 0 fully saturated rings. The van der Waals surface area contributed by atoms with Gasteiger partial charge < -0.3 is 10.6 Å². The number of amides is 2. The fraction of sp³-hybridized carbons (Fsp3) is 0.643. The van der Waals surface area contributed by atoms with Crippen LogP contribution >= 0.6 is 11.3 Å². The predicted molar refractivity (Wildman–Crippen MR) is 81.5 cm³/mol. The molecule has 5 nitrogen and oxygen atoms in total. The van der Waals surface area contributed by atoms with E-state index in [0.29, 0.717) is 11.7 Å².